The predicted molar refractivity (Wildman–Crippen MR) is 113 cm³/mol. The van der Waals surface area contributed by atoms with Gasteiger partial charge in [-0.25, -0.2) is 22.0 Å². The average molecular weight is 470 g/mol. The molecule has 0 aliphatic carbocycles. The molecule has 10 nitrogen and oxygen atoms in total. The van der Waals surface area contributed by atoms with E-state index < -0.39 is 44.6 Å². The zero-order chi connectivity index (χ0) is 23.4. The molecule has 0 heterocycles. The fourth-order valence-corrected chi connectivity index (χ4v) is 4.05. The molecule has 1 unspecified atom stereocenters. The fraction of sp³-hybridized carbons (Fsp3) is 0.263. The minimum atomic E-state index is -3.90. The summed E-state index contributed by atoms with van der Waals surface area (Å²) >= 11 is 0. The van der Waals surface area contributed by atoms with Crippen molar-refractivity contribution in [1.29, 1.82) is 0 Å². The maximum atomic E-state index is 12.5. The average Bonchev–Trinajstić information content (AvgIpc) is 2.67. The topological polar surface area (TPSA) is 153 Å². The molecule has 2 aromatic carbocycles. The van der Waals surface area contributed by atoms with E-state index in [1.165, 1.54) is 50.4 Å². The van der Waals surface area contributed by atoms with Crippen molar-refractivity contribution in [2.45, 2.75) is 29.7 Å². The first-order valence-electron chi connectivity index (χ1n) is 8.97. The second-order valence-corrected chi connectivity index (χ2v) is 10.4. The summed E-state index contributed by atoms with van der Waals surface area (Å²) in [7, 11) is -6.53. The largest absolute Gasteiger partial charge is 0.452 e. The number of amides is 1. The monoisotopic (exact) mass is 469 g/mol. The SMILES string of the molecule is Cc1ccc(S(=O)(=O)N(C)CC(=O)OC(C)C(=O)Nc2ccc(S(N)(=O)=O)cc2)cc1. The van der Waals surface area contributed by atoms with E-state index in [1.807, 2.05) is 6.92 Å². The first-order chi connectivity index (χ1) is 14.3. The Bertz CT molecular complexity index is 1160. The minimum absolute atomic E-state index is 0.0298. The van der Waals surface area contributed by atoms with E-state index in [-0.39, 0.29) is 15.5 Å². The normalized spacial score (nSPS) is 12.9. The third kappa shape index (κ3) is 6.59. The molecule has 0 aliphatic heterocycles. The quantitative estimate of drug-likeness (QED) is 0.543. The van der Waals surface area contributed by atoms with E-state index >= 15 is 0 Å². The number of sulfonamides is 2. The van der Waals surface area contributed by atoms with Crippen molar-refractivity contribution in [2.75, 3.05) is 18.9 Å². The lowest BCUT2D eigenvalue weighted by Crippen LogP contribution is -2.37. The molecule has 2 aromatic rings. The number of likely N-dealkylation sites (N-methyl/N-ethyl adjacent to an activating group) is 1. The van der Waals surface area contributed by atoms with Crippen molar-refractivity contribution in [1.82, 2.24) is 4.31 Å². The smallest absolute Gasteiger partial charge is 0.322 e. The van der Waals surface area contributed by atoms with Gasteiger partial charge in [0.2, 0.25) is 20.0 Å². The van der Waals surface area contributed by atoms with Crippen LogP contribution >= 0.6 is 0 Å². The highest BCUT2D eigenvalue weighted by Gasteiger charge is 2.25. The number of ether oxygens (including phenoxy) is 1. The minimum Gasteiger partial charge on any atom is -0.452 e. The summed E-state index contributed by atoms with van der Waals surface area (Å²) in [6, 6.07) is 11.2. The first kappa shape index (κ1) is 24.5. The van der Waals surface area contributed by atoms with Crippen LogP contribution in [0.1, 0.15) is 12.5 Å². The summed E-state index contributed by atoms with van der Waals surface area (Å²) in [5.74, 6) is -1.59. The van der Waals surface area contributed by atoms with E-state index in [4.69, 9.17) is 9.88 Å². The van der Waals surface area contributed by atoms with Gasteiger partial charge in [0.25, 0.3) is 5.91 Å². The van der Waals surface area contributed by atoms with Crippen molar-refractivity contribution >= 4 is 37.6 Å². The molecule has 0 aliphatic rings. The van der Waals surface area contributed by atoms with Crippen LogP contribution in [0.5, 0.6) is 0 Å². The number of esters is 1. The molecule has 168 valence electrons. The van der Waals surface area contributed by atoms with Gasteiger partial charge < -0.3 is 10.1 Å². The Hall–Kier alpha value is -2.80. The molecule has 0 saturated carbocycles. The molecule has 0 spiro atoms. The predicted octanol–water partition coefficient (Wildman–Crippen LogP) is 0.833. The first-order valence-corrected chi connectivity index (χ1v) is 12.0. The van der Waals surface area contributed by atoms with Crippen LogP contribution in [-0.2, 0) is 34.4 Å². The van der Waals surface area contributed by atoms with Gasteiger partial charge in [-0.3, -0.25) is 9.59 Å². The highest BCUT2D eigenvalue weighted by atomic mass is 32.2. The summed E-state index contributed by atoms with van der Waals surface area (Å²) in [6.07, 6.45) is -1.22. The lowest BCUT2D eigenvalue weighted by atomic mass is 10.2. The third-order valence-corrected chi connectivity index (χ3v) is 6.96. The second kappa shape index (κ2) is 9.56. The number of aryl methyl sites for hydroxylation is 1. The van der Waals surface area contributed by atoms with Gasteiger partial charge in [0.05, 0.1) is 9.79 Å². The maximum Gasteiger partial charge on any atom is 0.322 e. The van der Waals surface area contributed by atoms with Gasteiger partial charge in [-0.1, -0.05) is 17.7 Å². The Labute approximate surface area is 181 Å². The number of anilines is 1. The molecule has 31 heavy (non-hydrogen) atoms. The Balaban J connectivity index is 1.95. The molecule has 0 bridgehead atoms. The van der Waals surface area contributed by atoms with Gasteiger partial charge in [-0.2, -0.15) is 4.31 Å². The number of rotatable bonds is 8. The molecule has 1 atom stereocenters. The lowest BCUT2D eigenvalue weighted by molar-refractivity contribution is -0.153. The van der Waals surface area contributed by atoms with Crippen molar-refractivity contribution in [3.63, 3.8) is 0 Å². The Kier molecular flexibility index (Phi) is 7.54. The molecule has 0 aromatic heterocycles. The molecular formula is C19H23N3O7S2. The van der Waals surface area contributed by atoms with Gasteiger partial charge in [0.15, 0.2) is 6.10 Å². The van der Waals surface area contributed by atoms with E-state index in [0.29, 0.717) is 0 Å². The number of nitrogens with zero attached hydrogens (tertiary/aromatic N) is 1. The van der Waals surface area contributed by atoms with Crippen LogP contribution in [0, 0.1) is 6.92 Å². The molecule has 3 N–H and O–H groups in total. The number of benzene rings is 2. The fourth-order valence-electron chi connectivity index (χ4n) is 2.42. The number of carbonyl (C=O) groups is 2. The van der Waals surface area contributed by atoms with Crippen molar-refractivity contribution in [2.24, 2.45) is 5.14 Å². The summed E-state index contributed by atoms with van der Waals surface area (Å²) in [5, 5.41) is 7.46. The summed E-state index contributed by atoms with van der Waals surface area (Å²) in [6.45, 7) is 2.55. The Morgan fingerprint density at radius 2 is 1.52 bits per heavy atom. The third-order valence-electron chi connectivity index (χ3n) is 4.21. The van der Waals surface area contributed by atoms with E-state index in [0.717, 1.165) is 9.87 Å². The number of carbonyl (C=O) groups excluding carboxylic acids is 2. The highest BCUT2D eigenvalue weighted by molar-refractivity contribution is 7.89. The van der Waals surface area contributed by atoms with Gasteiger partial charge in [-0.05, 0) is 50.2 Å². The summed E-state index contributed by atoms with van der Waals surface area (Å²) in [5.41, 5.74) is 1.15. The zero-order valence-electron chi connectivity index (χ0n) is 17.1. The van der Waals surface area contributed by atoms with Gasteiger partial charge in [0.1, 0.15) is 6.54 Å². The van der Waals surface area contributed by atoms with Crippen LogP contribution < -0.4 is 10.5 Å². The number of hydrogen-bond donors (Lipinski definition) is 2. The van der Waals surface area contributed by atoms with E-state index in [1.54, 1.807) is 12.1 Å². The second-order valence-electron chi connectivity index (χ2n) is 6.76. The van der Waals surface area contributed by atoms with Gasteiger partial charge >= 0.3 is 5.97 Å². The summed E-state index contributed by atoms with van der Waals surface area (Å²) < 4.78 is 53.4. The molecule has 2 rings (SSSR count). The van der Waals surface area contributed by atoms with Crippen molar-refractivity contribution < 1.29 is 31.2 Å². The summed E-state index contributed by atoms with van der Waals surface area (Å²) in [4.78, 5) is 24.2. The Morgan fingerprint density at radius 1 is 1.00 bits per heavy atom. The Morgan fingerprint density at radius 3 is 2.03 bits per heavy atom. The number of nitrogens with two attached hydrogens (primary N) is 1. The standard InChI is InChI=1S/C19H23N3O7S2/c1-13-4-8-17(9-5-13)31(27,28)22(3)12-18(23)29-14(2)19(24)21-15-6-10-16(11-7-15)30(20,25)26/h4-11,14H,12H2,1-3H3,(H,21,24)(H2,20,25,26). The highest BCUT2D eigenvalue weighted by Crippen LogP contribution is 2.16. The molecule has 12 heteroatoms. The molecule has 0 saturated heterocycles. The van der Waals surface area contributed by atoms with E-state index in [2.05, 4.69) is 5.32 Å². The number of primary sulfonamides is 1. The lowest BCUT2D eigenvalue weighted by Gasteiger charge is -2.18. The van der Waals surface area contributed by atoms with Crippen LogP contribution in [-0.4, -0.2) is 52.7 Å². The van der Waals surface area contributed by atoms with Crippen LogP contribution in [0.3, 0.4) is 0 Å². The van der Waals surface area contributed by atoms with Gasteiger partial charge in [0, 0.05) is 12.7 Å². The molecule has 0 radical (unpaired) electrons. The van der Waals surface area contributed by atoms with Crippen LogP contribution in [0.15, 0.2) is 58.3 Å². The number of hydrogen-bond acceptors (Lipinski definition) is 7. The van der Waals surface area contributed by atoms with Crippen LogP contribution in [0.2, 0.25) is 0 Å². The zero-order valence-corrected chi connectivity index (χ0v) is 18.7. The molecule has 1 amide bonds. The van der Waals surface area contributed by atoms with Gasteiger partial charge in [-0.15, -0.1) is 0 Å². The van der Waals surface area contributed by atoms with Crippen LogP contribution in [0.4, 0.5) is 5.69 Å². The number of nitrogens with one attached hydrogen (secondary N) is 1. The van der Waals surface area contributed by atoms with Crippen molar-refractivity contribution in [3.05, 3.63) is 54.1 Å². The van der Waals surface area contributed by atoms with E-state index in [9.17, 15) is 26.4 Å². The van der Waals surface area contributed by atoms with Crippen LogP contribution in [0.25, 0.3) is 0 Å². The molecular weight excluding hydrogens is 446 g/mol. The maximum absolute atomic E-state index is 12.5. The van der Waals surface area contributed by atoms with Crippen molar-refractivity contribution in [3.8, 4) is 0 Å². The molecule has 0 fully saturated rings.